The molecule has 1 aromatic carbocycles. The summed E-state index contributed by atoms with van der Waals surface area (Å²) < 4.78 is 5.63. The number of ether oxygens (including phenoxy) is 1. The number of carboxylic acid groups (broad SMARTS) is 1. The third-order valence-corrected chi connectivity index (χ3v) is 8.33. The molecule has 4 atom stereocenters. The molecule has 10 nitrogen and oxygen atoms in total. The Labute approximate surface area is 245 Å². The van der Waals surface area contributed by atoms with E-state index in [1.54, 1.807) is 24.3 Å². The number of esters is 1. The van der Waals surface area contributed by atoms with Gasteiger partial charge in [0.1, 0.15) is 10.7 Å². The van der Waals surface area contributed by atoms with Crippen LogP contribution < -0.4 is 10.9 Å². The Bertz CT molecular complexity index is 1180. The maximum absolute atomic E-state index is 13.0. The monoisotopic (exact) mass is 586 g/mol. The lowest BCUT2D eigenvalue weighted by atomic mass is 9.96. The van der Waals surface area contributed by atoms with Gasteiger partial charge < -0.3 is 14.7 Å². The summed E-state index contributed by atoms with van der Waals surface area (Å²) in [7, 11) is 1.80. The number of hydrogen-bond donors (Lipinski definition) is 3. The van der Waals surface area contributed by atoms with E-state index in [0.717, 1.165) is 18.4 Å². The molecule has 41 heavy (non-hydrogen) atoms. The summed E-state index contributed by atoms with van der Waals surface area (Å²) in [5.41, 5.74) is 6.83. The number of thiazole rings is 1. The fourth-order valence-electron chi connectivity index (χ4n) is 4.79. The number of aromatic nitrogens is 1. The number of rotatable bonds is 16. The van der Waals surface area contributed by atoms with Crippen LogP contribution in [0.3, 0.4) is 0 Å². The quantitative estimate of drug-likeness (QED) is 0.195. The molecule has 2 aromatic rings. The van der Waals surface area contributed by atoms with E-state index < -0.39 is 29.9 Å². The lowest BCUT2D eigenvalue weighted by molar-refractivity contribution is -0.148. The minimum atomic E-state index is -0.906. The van der Waals surface area contributed by atoms with Crippen LogP contribution in [0.15, 0.2) is 35.7 Å². The molecule has 1 aromatic heterocycles. The van der Waals surface area contributed by atoms with E-state index in [1.807, 2.05) is 44.2 Å². The van der Waals surface area contributed by atoms with Crippen LogP contribution in [0.1, 0.15) is 87.0 Å². The Morgan fingerprint density at radius 1 is 1.12 bits per heavy atom. The number of hydrazine groups is 1. The van der Waals surface area contributed by atoms with Crippen molar-refractivity contribution in [3.63, 3.8) is 0 Å². The van der Waals surface area contributed by atoms with Crippen molar-refractivity contribution < 1.29 is 29.0 Å². The highest BCUT2D eigenvalue weighted by molar-refractivity contribution is 7.09. The predicted octanol–water partition coefficient (Wildman–Crippen LogP) is 4.38. The number of carbonyl (C=O) groups is 4. The van der Waals surface area contributed by atoms with Crippen LogP contribution in [0, 0.1) is 17.8 Å². The predicted molar refractivity (Wildman–Crippen MR) is 156 cm³/mol. The summed E-state index contributed by atoms with van der Waals surface area (Å²) in [6, 6.07) is 9.12. The van der Waals surface area contributed by atoms with Crippen molar-refractivity contribution in [1.29, 1.82) is 0 Å². The Balaban J connectivity index is 1.69. The van der Waals surface area contributed by atoms with E-state index in [4.69, 9.17) is 4.74 Å². The van der Waals surface area contributed by atoms with Gasteiger partial charge >= 0.3 is 11.9 Å². The number of carboxylic acids is 1. The van der Waals surface area contributed by atoms with Crippen LogP contribution in [0.4, 0.5) is 0 Å². The Morgan fingerprint density at radius 2 is 1.80 bits per heavy atom. The lowest BCUT2D eigenvalue weighted by Crippen LogP contribution is -2.46. The standard InChI is InChI=1S/C30H42N4O6S/c1-18(2)25(34(5)27(36)15-22-11-12-22)16-26(40-20(4)35)29-31-24(17-41-29)28(37)33-32-23(13-19(3)30(38)39)14-21-9-7-6-8-10-21/h6-10,17-19,22-23,25-26,32H,11-16H2,1-5H3,(H,33,37)(H,38,39). The SMILES string of the molecule is CC(=O)OC(CC(C(C)C)N(C)C(=O)CC1CC1)c1nc(C(=O)NNC(Cc2ccccc2)CC(C)C(=O)O)cs1. The molecule has 1 heterocycles. The van der Waals surface area contributed by atoms with Gasteiger partial charge in [0, 0.05) is 44.3 Å². The smallest absolute Gasteiger partial charge is 0.306 e. The molecule has 0 spiro atoms. The van der Waals surface area contributed by atoms with Crippen molar-refractivity contribution in [3.05, 3.63) is 52.0 Å². The highest BCUT2D eigenvalue weighted by Crippen LogP contribution is 2.34. The third-order valence-electron chi connectivity index (χ3n) is 7.39. The van der Waals surface area contributed by atoms with Crippen LogP contribution in [0.25, 0.3) is 0 Å². The number of amides is 2. The van der Waals surface area contributed by atoms with E-state index >= 15 is 0 Å². The fraction of sp³-hybridized carbons (Fsp3) is 0.567. The summed E-state index contributed by atoms with van der Waals surface area (Å²) >= 11 is 1.22. The van der Waals surface area contributed by atoms with Crippen molar-refractivity contribution in [2.45, 2.75) is 84.4 Å². The molecule has 0 aliphatic heterocycles. The molecule has 1 aliphatic carbocycles. The van der Waals surface area contributed by atoms with E-state index in [1.165, 1.54) is 18.3 Å². The molecule has 3 N–H and O–H groups in total. The van der Waals surface area contributed by atoms with Gasteiger partial charge in [-0.2, -0.15) is 0 Å². The molecule has 11 heteroatoms. The van der Waals surface area contributed by atoms with Gasteiger partial charge in [-0.1, -0.05) is 51.1 Å². The number of hydrogen-bond acceptors (Lipinski definition) is 8. The average Bonchev–Trinajstić information content (AvgIpc) is 3.59. The maximum atomic E-state index is 13.0. The zero-order chi connectivity index (χ0) is 30.1. The second-order valence-electron chi connectivity index (χ2n) is 11.3. The maximum Gasteiger partial charge on any atom is 0.306 e. The molecule has 2 amide bonds. The highest BCUT2D eigenvalue weighted by atomic mass is 32.1. The van der Waals surface area contributed by atoms with E-state index in [9.17, 15) is 24.3 Å². The second-order valence-corrected chi connectivity index (χ2v) is 12.2. The lowest BCUT2D eigenvalue weighted by Gasteiger charge is -2.33. The van der Waals surface area contributed by atoms with Crippen LogP contribution in [-0.4, -0.2) is 57.9 Å². The molecule has 0 saturated heterocycles. The van der Waals surface area contributed by atoms with Gasteiger partial charge in [0.25, 0.3) is 5.91 Å². The number of aliphatic carboxylic acids is 1. The summed E-state index contributed by atoms with van der Waals surface area (Å²) in [6.45, 7) is 7.02. The van der Waals surface area contributed by atoms with E-state index in [0.29, 0.717) is 36.6 Å². The second kappa shape index (κ2) is 15.1. The largest absolute Gasteiger partial charge is 0.481 e. The van der Waals surface area contributed by atoms with Gasteiger partial charge in [-0.05, 0) is 43.1 Å². The molecular formula is C30H42N4O6S. The minimum Gasteiger partial charge on any atom is -0.481 e. The minimum absolute atomic E-state index is 0.0836. The van der Waals surface area contributed by atoms with Gasteiger partial charge in [-0.3, -0.25) is 24.6 Å². The first-order valence-electron chi connectivity index (χ1n) is 14.1. The number of benzene rings is 1. The van der Waals surface area contributed by atoms with Gasteiger partial charge in [0.05, 0.1) is 5.92 Å². The number of carbonyl (C=O) groups excluding carboxylic acids is 3. The molecule has 0 radical (unpaired) electrons. The van der Waals surface area contributed by atoms with Crippen molar-refractivity contribution in [2.75, 3.05) is 7.05 Å². The summed E-state index contributed by atoms with van der Waals surface area (Å²) in [5, 5.41) is 11.5. The Morgan fingerprint density at radius 3 is 2.39 bits per heavy atom. The van der Waals surface area contributed by atoms with E-state index in [-0.39, 0.29) is 29.6 Å². The molecule has 4 unspecified atom stereocenters. The number of nitrogens with zero attached hydrogens (tertiary/aromatic N) is 2. The normalized spacial score (nSPS) is 16.0. The van der Waals surface area contributed by atoms with Gasteiger partial charge in [-0.15, -0.1) is 11.3 Å². The van der Waals surface area contributed by atoms with Crippen LogP contribution in [-0.2, 0) is 25.5 Å². The highest BCUT2D eigenvalue weighted by Gasteiger charge is 2.33. The summed E-state index contributed by atoms with van der Waals surface area (Å²) in [4.78, 5) is 55.5. The van der Waals surface area contributed by atoms with Crippen molar-refractivity contribution in [1.82, 2.24) is 20.7 Å². The zero-order valence-corrected chi connectivity index (χ0v) is 25.3. The molecule has 1 aliphatic rings. The Hall–Kier alpha value is -3.31. The first kappa shape index (κ1) is 32.2. The van der Waals surface area contributed by atoms with Crippen LogP contribution in [0.2, 0.25) is 0 Å². The summed E-state index contributed by atoms with van der Waals surface area (Å²) in [5.74, 6) is -1.79. The topological polar surface area (TPSA) is 138 Å². The van der Waals surface area contributed by atoms with Gasteiger partial charge in [0.2, 0.25) is 5.91 Å². The van der Waals surface area contributed by atoms with Crippen molar-refractivity contribution in [3.8, 4) is 0 Å². The summed E-state index contributed by atoms with van der Waals surface area (Å²) in [6.07, 6.45) is 3.20. The first-order valence-corrected chi connectivity index (χ1v) is 15.0. The first-order chi connectivity index (χ1) is 19.4. The van der Waals surface area contributed by atoms with E-state index in [2.05, 4.69) is 15.8 Å². The van der Waals surface area contributed by atoms with Gasteiger partial charge in [-0.25, -0.2) is 10.4 Å². The molecule has 1 fully saturated rings. The average molecular weight is 587 g/mol. The van der Waals surface area contributed by atoms with Crippen LogP contribution in [0.5, 0.6) is 0 Å². The van der Waals surface area contributed by atoms with Crippen molar-refractivity contribution in [2.24, 2.45) is 17.8 Å². The fourth-order valence-corrected chi connectivity index (χ4v) is 5.62. The molecule has 3 rings (SSSR count). The molecular weight excluding hydrogens is 544 g/mol. The molecule has 0 bridgehead atoms. The van der Waals surface area contributed by atoms with Crippen molar-refractivity contribution >= 4 is 35.1 Å². The zero-order valence-electron chi connectivity index (χ0n) is 24.5. The molecule has 1 saturated carbocycles. The Kier molecular flexibility index (Phi) is 11.8. The van der Waals surface area contributed by atoms with Gasteiger partial charge in [0.15, 0.2) is 6.10 Å². The van der Waals surface area contributed by atoms with Crippen LogP contribution >= 0.6 is 11.3 Å². The number of nitrogens with one attached hydrogen (secondary N) is 2. The third kappa shape index (κ3) is 10.2. The molecule has 224 valence electrons.